The van der Waals surface area contributed by atoms with Crippen LogP contribution < -0.4 is 88.7 Å². The van der Waals surface area contributed by atoms with E-state index in [1.807, 2.05) is 0 Å². The van der Waals surface area contributed by atoms with E-state index in [4.69, 9.17) is 19.5 Å². The summed E-state index contributed by atoms with van der Waals surface area (Å²) in [5.41, 5.74) is 0. The number of ether oxygens (including phenoxy) is 1. The molecule has 0 aromatic rings. The fraction of sp³-hybridized carbons (Fsp3) is 0.889. The molecular weight excluding hydrogens is 445 g/mol. The quantitative estimate of drug-likeness (QED) is 0.100. The predicted molar refractivity (Wildman–Crippen MR) is 105 cm³/mol. The molecule has 0 fully saturated rings. The molecule has 0 aromatic carbocycles. The van der Waals surface area contributed by atoms with Crippen LogP contribution in [0.5, 0.6) is 0 Å². The summed E-state index contributed by atoms with van der Waals surface area (Å²) in [4.78, 5) is 22.0. The van der Waals surface area contributed by atoms with Gasteiger partial charge in [0.1, 0.15) is 0 Å². The van der Waals surface area contributed by atoms with Gasteiger partial charge in [-0.3, -0.25) is 9.35 Å². The fourth-order valence-corrected chi connectivity index (χ4v) is 3.62. The van der Waals surface area contributed by atoms with E-state index in [9.17, 15) is 18.0 Å². The largest absolute Gasteiger partial charge is 1.00 e. The number of carboxylic acid groups (broad SMARTS) is 2. The third-order valence-corrected chi connectivity index (χ3v) is 5.47. The van der Waals surface area contributed by atoms with Gasteiger partial charge < -0.3 is 19.2 Å². The smallest absolute Gasteiger partial charge is 1.00 e. The molecule has 0 saturated heterocycles. The minimum Gasteiger partial charge on any atom is -1.00 e. The van der Waals surface area contributed by atoms with Crippen molar-refractivity contribution in [2.75, 3.05) is 6.61 Å². The Morgan fingerprint density at radius 2 is 1.13 bits per heavy atom. The summed E-state index contributed by atoms with van der Waals surface area (Å²) in [7, 11) is -5.08. The van der Waals surface area contributed by atoms with E-state index in [-0.39, 0.29) is 99.6 Å². The van der Waals surface area contributed by atoms with Gasteiger partial charge >= 0.3 is 101 Å². The molecule has 0 aliphatic rings. The topological polar surface area (TPSA) is 138 Å². The zero-order chi connectivity index (χ0) is 20.7. The van der Waals surface area contributed by atoms with Crippen molar-refractivity contribution in [3.8, 4) is 0 Å². The second kappa shape index (κ2) is 24.0. The number of rotatable bonds is 18. The maximum absolute atomic E-state index is 11.1. The normalized spacial score (nSPS) is 12.6. The molecule has 0 heterocycles. The number of hydrogen-bond donors (Lipinski definition) is 3. The van der Waals surface area contributed by atoms with Crippen molar-refractivity contribution in [3.05, 3.63) is 0 Å². The zero-order valence-electron chi connectivity index (χ0n) is 22.1. The van der Waals surface area contributed by atoms with E-state index in [1.54, 1.807) is 0 Å². The minimum absolute atomic E-state index is 0. The van der Waals surface area contributed by atoms with Crippen molar-refractivity contribution in [2.24, 2.45) is 0 Å². The van der Waals surface area contributed by atoms with Crippen molar-refractivity contribution in [1.29, 1.82) is 0 Å². The molecule has 2 atom stereocenters. The van der Waals surface area contributed by atoms with Gasteiger partial charge in [0.15, 0.2) is 6.10 Å². The van der Waals surface area contributed by atoms with Gasteiger partial charge in [-0.05, 0) is 6.42 Å². The molecule has 0 aromatic heterocycles. The molecule has 0 radical (unpaired) electrons. The first-order chi connectivity index (χ1) is 12.7. The van der Waals surface area contributed by atoms with Crippen molar-refractivity contribution < 1.29 is 130 Å². The van der Waals surface area contributed by atoms with E-state index >= 15 is 0 Å². The SMILES string of the molecule is CCCCCCCCCCCCCCOC(C(=O)O)C(C(=O)O)S(=O)(=O)O.[H-].[H-].[H-].[Na+].[Na+].[Na+]. The Hall–Kier alpha value is 1.81. The Kier molecular flexibility index (Phi) is 31.2. The summed E-state index contributed by atoms with van der Waals surface area (Å²) in [6.07, 6.45) is 11.2. The maximum atomic E-state index is 11.1. The van der Waals surface area contributed by atoms with Gasteiger partial charge in [-0.15, -0.1) is 0 Å². The number of carboxylic acids is 2. The molecule has 0 saturated carbocycles. The van der Waals surface area contributed by atoms with Gasteiger partial charge in [0.25, 0.3) is 10.1 Å². The average molecular weight is 483 g/mol. The molecule has 8 nitrogen and oxygen atoms in total. The number of aliphatic carboxylic acids is 2. The zero-order valence-corrected chi connectivity index (χ0v) is 26.0. The predicted octanol–water partition coefficient (Wildman–Crippen LogP) is -5.15. The molecule has 0 aliphatic carbocycles. The maximum Gasteiger partial charge on any atom is 1.00 e. The van der Waals surface area contributed by atoms with E-state index < -0.39 is 33.4 Å². The van der Waals surface area contributed by atoms with Gasteiger partial charge in [0, 0.05) is 6.61 Å². The number of unbranched alkanes of at least 4 members (excludes halogenated alkanes) is 11. The van der Waals surface area contributed by atoms with Gasteiger partial charge in [0.05, 0.1) is 0 Å². The Morgan fingerprint density at radius 3 is 1.43 bits per heavy atom. The second-order valence-corrected chi connectivity index (χ2v) is 8.33. The van der Waals surface area contributed by atoms with Crippen LogP contribution >= 0.6 is 0 Å². The summed E-state index contributed by atoms with van der Waals surface area (Å²) in [6.45, 7) is 2.12. The Labute approximate surface area is 251 Å². The molecule has 3 N–H and O–H groups in total. The molecule has 0 spiro atoms. The van der Waals surface area contributed by atoms with Gasteiger partial charge in [0.2, 0.25) is 5.25 Å². The van der Waals surface area contributed by atoms with Crippen LogP contribution in [0, 0.1) is 0 Å². The van der Waals surface area contributed by atoms with E-state index in [0.717, 1.165) is 25.7 Å². The molecular formula is C18H37Na3O8S. The van der Waals surface area contributed by atoms with Crippen LogP contribution in [0.1, 0.15) is 88.3 Å². The minimum atomic E-state index is -5.08. The Morgan fingerprint density at radius 1 is 0.767 bits per heavy atom. The van der Waals surface area contributed by atoms with E-state index in [2.05, 4.69) is 6.92 Å². The van der Waals surface area contributed by atoms with Crippen LogP contribution in [-0.2, 0) is 24.4 Å². The van der Waals surface area contributed by atoms with Crippen LogP contribution in [0.4, 0.5) is 0 Å². The monoisotopic (exact) mass is 482 g/mol. The first kappa shape index (κ1) is 39.0. The van der Waals surface area contributed by atoms with Crippen molar-refractivity contribution in [2.45, 2.75) is 95.3 Å². The standard InChI is InChI=1S/C18H34O8S.3Na.3H/c1-2-3-4-5-6-7-8-9-10-11-12-13-14-26-15(17(19)20)16(18(21)22)27(23,24)25;;;;;;/h15-16H,2-14H2,1H3,(H,19,20)(H,21,22)(H,23,24,25);;;;;;/q;3*+1;3*-1. The third kappa shape index (κ3) is 20.4. The number of hydrogen-bond acceptors (Lipinski definition) is 5. The molecule has 0 aliphatic heterocycles. The molecule has 0 amide bonds. The molecule has 166 valence electrons. The summed E-state index contributed by atoms with van der Waals surface area (Å²) in [5, 5.41) is 15.3. The molecule has 0 rings (SSSR count). The van der Waals surface area contributed by atoms with Gasteiger partial charge in [-0.2, -0.15) is 8.42 Å². The van der Waals surface area contributed by atoms with Crippen LogP contribution in [0.3, 0.4) is 0 Å². The van der Waals surface area contributed by atoms with Crippen LogP contribution in [0.25, 0.3) is 0 Å². The first-order valence-electron chi connectivity index (χ1n) is 9.75. The van der Waals surface area contributed by atoms with E-state index in [0.29, 0.717) is 6.42 Å². The second-order valence-electron chi connectivity index (χ2n) is 6.79. The van der Waals surface area contributed by atoms with Crippen LogP contribution in [0.15, 0.2) is 0 Å². The summed E-state index contributed by atoms with van der Waals surface area (Å²) >= 11 is 0. The van der Waals surface area contributed by atoms with Crippen molar-refractivity contribution in [3.63, 3.8) is 0 Å². The molecule has 2 unspecified atom stereocenters. The Bertz CT molecular complexity index is 546. The molecule has 12 heteroatoms. The fourth-order valence-electron chi connectivity index (χ4n) is 2.85. The summed E-state index contributed by atoms with van der Waals surface area (Å²) in [5.74, 6) is -3.70. The first-order valence-corrected chi connectivity index (χ1v) is 11.3. The Balaban J connectivity index is -0.000000225. The third-order valence-electron chi connectivity index (χ3n) is 4.38. The van der Waals surface area contributed by atoms with Crippen molar-refractivity contribution >= 4 is 22.1 Å². The number of carbonyl (C=O) groups is 2. The van der Waals surface area contributed by atoms with Gasteiger partial charge in [-0.1, -0.05) is 77.6 Å². The van der Waals surface area contributed by atoms with Gasteiger partial charge in [-0.25, -0.2) is 4.79 Å². The molecule has 30 heavy (non-hydrogen) atoms. The van der Waals surface area contributed by atoms with Crippen molar-refractivity contribution in [1.82, 2.24) is 0 Å². The van der Waals surface area contributed by atoms with Crippen LogP contribution in [0.2, 0.25) is 0 Å². The van der Waals surface area contributed by atoms with E-state index in [1.165, 1.54) is 44.9 Å². The molecule has 0 bridgehead atoms. The van der Waals surface area contributed by atoms with Crippen LogP contribution in [-0.4, -0.2) is 53.1 Å². The average Bonchev–Trinajstić information content (AvgIpc) is 2.56. The summed E-state index contributed by atoms with van der Waals surface area (Å²) in [6, 6.07) is 0. The summed E-state index contributed by atoms with van der Waals surface area (Å²) < 4.78 is 36.0.